The highest BCUT2D eigenvalue weighted by Gasteiger charge is 2.13. The van der Waals surface area contributed by atoms with Crippen molar-refractivity contribution in [1.82, 2.24) is 4.98 Å². The number of aromatic nitrogens is 1. The van der Waals surface area contributed by atoms with Crippen molar-refractivity contribution in [3.8, 4) is 5.75 Å². The van der Waals surface area contributed by atoms with E-state index < -0.39 is 10.0 Å². The third kappa shape index (κ3) is 3.85. The third-order valence-electron chi connectivity index (χ3n) is 1.42. The third-order valence-corrected chi connectivity index (χ3v) is 2.25. The number of pyridine rings is 1. The van der Waals surface area contributed by atoms with Crippen LogP contribution in [0.4, 0.5) is 0 Å². The minimum absolute atomic E-state index is 0.163. The molecule has 1 rings (SSSR count). The van der Waals surface area contributed by atoms with E-state index in [-0.39, 0.29) is 10.6 Å². The molecular formula is C9H14N2O3S. The van der Waals surface area contributed by atoms with Crippen LogP contribution >= 0.6 is 0 Å². The van der Waals surface area contributed by atoms with Crippen molar-refractivity contribution in [3.05, 3.63) is 18.3 Å². The fourth-order valence-electron chi connectivity index (χ4n) is 0.949. The second-order valence-electron chi connectivity index (χ2n) is 4.09. The van der Waals surface area contributed by atoms with Gasteiger partial charge in [-0.3, -0.25) is 0 Å². The summed E-state index contributed by atoms with van der Waals surface area (Å²) in [5.41, 5.74) is -0.342. The Morgan fingerprint density at radius 1 is 1.33 bits per heavy atom. The molecule has 0 aliphatic rings. The van der Waals surface area contributed by atoms with Crippen LogP contribution in [-0.2, 0) is 10.0 Å². The Hall–Kier alpha value is -1.14. The molecule has 0 saturated carbocycles. The first kappa shape index (κ1) is 11.9. The molecule has 0 bridgehead atoms. The van der Waals surface area contributed by atoms with Gasteiger partial charge in [0.15, 0.2) is 5.03 Å². The quantitative estimate of drug-likeness (QED) is 0.818. The molecule has 1 aromatic heterocycles. The van der Waals surface area contributed by atoms with Crippen LogP contribution < -0.4 is 9.88 Å². The van der Waals surface area contributed by atoms with E-state index in [9.17, 15) is 8.42 Å². The summed E-state index contributed by atoms with van der Waals surface area (Å²) in [5, 5.41) is 4.74. The molecule has 84 valence electrons. The Kier molecular flexibility index (Phi) is 3.01. The standard InChI is InChI=1S/C9H14N2O3S/c1-9(2,3)14-7-4-5-8(11-6-7)15(10,12)13/h4-6H,1-3H3,(H2,10,12,13). The molecule has 2 N–H and O–H groups in total. The number of hydrogen-bond donors (Lipinski definition) is 1. The monoisotopic (exact) mass is 230 g/mol. The lowest BCUT2D eigenvalue weighted by molar-refractivity contribution is 0.130. The van der Waals surface area contributed by atoms with Crippen molar-refractivity contribution in [1.29, 1.82) is 0 Å². The zero-order valence-corrected chi connectivity index (χ0v) is 9.71. The van der Waals surface area contributed by atoms with Crippen LogP contribution in [-0.4, -0.2) is 19.0 Å². The average Bonchev–Trinajstić information content (AvgIpc) is 2.00. The number of nitrogens with zero attached hydrogens (tertiary/aromatic N) is 1. The lowest BCUT2D eigenvalue weighted by atomic mass is 10.2. The van der Waals surface area contributed by atoms with Gasteiger partial charge in [0.05, 0.1) is 6.20 Å². The van der Waals surface area contributed by atoms with Gasteiger partial charge in [-0.25, -0.2) is 18.5 Å². The van der Waals surface area contributed by atoms with Crippen LogP contribution in [0, 0.1) is 0 Å². The number of hydrogen-bond acceptors (Lipinski definition) is 4. The molecule has 0 aliphatic carbocycles. The van der Waals surface area contributed by atoms with E-state index in [1.165, 1.54) is 18.3 Å². The highest BCUT2D eigenvalue weighted by atomic mass is 32.2. The van der Waals surface area contributed by atoms with Crippen LogP contribution in [0.2, 0.25) is 0 Å². The first-order valence-electron chi connectivity index (χ1n) is 4.36. The smallest absolute Gasteiger partial charge is 0.255 e. The maximum Gasteiger partial charge on any atom is 0.255 e. The van der Waals surface area contributed by atoms with Gasteiger partial charge in [0.2, 0.25) is 0 Å². The van der Waals surface area contributed by atoms with Gasteiger partial charge in [-0.15, -0.1) is 0 Å². The van der Waals surface area contributed by atoms with Gasteiger partial charge in [-0.2, -0.15) is 0 Å². The second-order valence-corrected chi connectivity index (χ2v) is 5.60. The minimum atomic E-state index is -3.73. The molecule has 0 spiro atoms. The first-order chi connectivity index (χ1) is 6.68. The van der Waals surface area contributed by atoms with Crippen LogP contribution in [0.25, 0.3) is 0 Å². The topological polar surface area (TPSA) is 82.3 Å². The summed E-state index contributed by atoms with van der Waals surface area (Å²) in [7, 11) is -3.73. The molecule has 0 aromatic carbocycles. The number of ether oxygens (including phenoxy) is 1. The summed E-state index contributed by atoms with van der Waals surface area (Å²) in [6, 6.07) is 2.84. The SMILES string of the molecule is CC(C)(C)Oc1ccc(S(N)(=O)=O)nc1. The Bertz CT molecular complexity index is 431. The highest BCUT2D eigenvalue weighted by molar-refractivity contribution is 7.89. The lowest BCUT2D eigenvalue weighted by Crippen LogP contribution is -2.23. The van der Waals surface area contributed by atoms with Crippen molar-refractivity contribution in [2.45, 2.75) is 31.4 Å². The summed E-state index contributed by atoms with van der Waals surface area (Å²) in [6.45, 7) is 5.67. The molecule has 1 aromatic rings. The summed E-state index contributed by atoms with van der Waals surface area (Å²) in [5.74, 6) is 0.509. The van der Waals surface area contributed by atoms with E-state index in [4.69, 9.17) is 9.88 Å². The summed E-state index contributed by atoms with van der Waals surface area (Å²) in [4.78, 5) is 3.70. The molecule has 0 amide bonds. The van der Waals surface area contributed by atoms with Gasteiger partial charge < -0.3 is 4.74 Å². The molecule has 0 aliphatic heterocycles. The van der Waals surface area contributed by atoms with E-state index in [1.54, 1.807) is 0 Å². The van der Waals surface area contributed by atoms with E-state index in [0.29, 0.717) is 5.75 Å². The van der Waals surface area contributed by atoms with Gasteiger partial charge in [0.25, 0.3) is 10.0 Å². The molecular weight excluding hydrogens is 216 g/mol. The number of nitrogens with two attached hydrogens (primary N) is 1. The maximum atomic E-state index is 10.9. The highest BCUT2D eigenvalue weighted by Crippen LogP contribution is 2.17. The van der Waals surface area contributed by atoms with Crippen molar-refractivity contribution < 1.29 is 13.2 Å². The van der Waals surface area contributed by atoms with Crippen molar-refractivity contribution in [2.24, 2.45) is 5.14 Å². The lowest BCUT2D eigenvalue weighted by Gasteiger charge is -2.20. The van der Waals surface area contributed by atoms with Crippen molar-refractivity contribution in [3.63, 3.8) is 0 Å². The van der Waals surface area contributed by atoms with Gasteiger partial charge in [-0.05, 0) is 32.9 Å². The average molecular weight is 230 g/mol. The van der Waals surface area contributed by atoms with Crippen molar-refractivity contribution in [2.75, 3.05) is 0 Å². The Labute approximate surface area is 89.3 Å². The molecule has 0 fully saturated rings. The number of rotatable bonds is 2. The van der Waals surface area contributed by atoms with E-state index in [1.807, 2.05) is 20.8 Å². The zero-order valence-electron chi connectivity index (χ0n) is 8.89. The normalized spacial score (nSPS) is 12.5. The molecule has 5 nitrogen and oxygen atoms in total. The molecule has 0 unspecified atom stereocenters. The van der Waals surface area contributed by atoms with Gasteiger partial charge >= 0.3 is 0 Å². The van der Waals surface area contributed by atoms with E-state index in [0.717, 1.165) is 0 Å². The summed E-state index contributed by atoms with van der Waals surface area (Å²) in [6.07, 6.45) is 1.34. The van der Waals surface area contributed by atoms with Gasteiger partial charge in [0, 0.05) is 0 Å². The zero-order chi connectivity index (χ0) is 11.7. The molecule has 0 atom stereocenters. The van der Waals surface area contributed by atoms with Gasteiger partial charge in [-0.1, -0.05) is 0 Å². The van der Waals surface area contributed by atoms with Crippen LogP contribution in [0.5, 0.6) is 5.75 Å². The second kappa shape index (κ2) is 3.79. The predicted octanol–water partition coefficient (Wildman–Crippen LogP) is 0.906. The fourth-order valence-corrected chi connectivity index (χ4v) is 1.41. The van der Waals surface area contributed by atoms with Crippen molar-refractivity contribution >= 4 is 10.0 Å². The molecule has 6 heteroatoms. The Balaban J connectivity index is 2.92. The van der Waals surface area contributed by atoms with Gasteiger partial charge in [0.1, 0.15) is 11.4 Å². The van der Waals surface area contributed by atoms with Crippen LogP contribution in [0.15, 0.2) is 23.4 Å². The van der Waals surface area contributed by atoms with E-state index >= 15 is 0 Å². The van der Waals surface area contributed by atoms with E-state index in [2.05, 4.69) is 4.98 Å². The maximum absolute atomic E-state index is 10.9. The summed E-state index contributed by atoms with van der Waals surface area (Å²) >= 11 is 0. The number of sulfonamides is 1. The molecule has 1 heterocycles. The molecule has 15 heavy (non-hydrogen) atoms. The fraction of sp³-hybridized carbons (Fsp3) is 0.444. The summed E-state index contributed by atoms with van der Waals surface area (Å²) < 4.78 is 27.3. The largest absolute Gasteiger partial charge is 0.487 e. The Morgan fingerprint density at radius 2 is 1.93 bits per heavy atom. The Morgan fingerprint density at radius 3 is 2.27 bits per heavy atom. The predicted molar refractivity (Wildman–Crippen MR) is 56.0 cm³/mol. The number of primary sulfonamides is 1. The molecule has 0 saturated heterocycles. The molecule has 0 radical (unpaired) electrons. The minimum Gasteiger partial charge on any atom is -0.487 e. The van der Waals surface area contributed by atoms with Crippen LogP contribution in [0.1, 0.15) is 20.8 Å². The first-order valence-corrected chi connectivity index (χ1v) is 5.91. The van der Waals surface area contributed by atoms with Crippen LogP contribution in [0.3, 0.4) is 0 Å².